The Morgan fingerprint density at radius 1 is 1.11 bits per heavy atom. The van der Waals surface area contributed by atoms with E-state index < -0.39 is 0 Å². The molecule has 0 saturated carbocycles. The summed E-state index contributed by atoms with van der Waals surface area (Å²) in [7, 11) is 0. The van der Waals surface area contributed by atoms with Crippen LogP contribution in [0.5, 0.6) is 0 Å². The zero-order valence-corrected chi connectivity index (χ0v) is 17.3. The fourth-order valence-electron chi connectivity index (χ4n) is 3.49. The van der Waals surface area contributed by atoms with Crippen LogP contribution in [-0.4, -0.2) is 26.7 Å². The molecule has 5 heteroatoms. The summed E-state index contributed by atoms with van der Waals surface area (Å²) < 4.78 is 0. The Bertz CT molecular complexity index is 925. The van der Waals surface area contributed by atoms with Crippen LogP contribution in [0.3, 0.4) is 0 Å². The largest absolute Gasteiger partial charge is 0.370 e. The highest BCUT2D eigenvalue weighted by Gasteiger charge is 2.24. The van der Waals surface area contributed by atoms with E-state index in [1.165, 1.54) is 16.2 Å². The van der Waals surface area contributed by atoms with Gasteiger partial charge < -0.3 is 5.32 Å². The molecule has 4 rings (SSSR count). The zero-order valence-electron chi connectivity index (χ0n) is 16.5. The van der Waals surface area contributed by atoms with Crippen LogP contribution in [0.15, 0.2) is 53.7 Å². The molecule has 2 aromatic heterocycles. The van der Waals surface area contributed by atoms with Crippen LogP contribution in [0.2, 0.25) is 0 Å². The highest BCUT2D eigenvalue weighted by molar-refractivity contribution is 8.00. The SMILES string of the molecule is CCc1nc(NCCCc2ccc(-c3ccccn3)cc2)c2c(n1)SC(C)C2. The van der Waals surface area contributed by atoms with Crippen LogP contribution < -0.4 is 5.32 Å². The topological polar surface area (TPSA) is 50.7 Å². The molecule has 1 aromatic carbocycles. The summed E-state index contributed by atoms with van der Waals surface area (Å²) in [6.07, 6.45) is 5.89. The van der Waals surface area contributed by atoms with Gasteiger partial charge in [0.1, 0.15) is 16.7 Å². The lowest BCUT2D eigenvalue weighted by molar-refractivity contribution is 0.824. The first kappa shape index (κ1) is 18.9. The van der Waals surface area contributed by atoms with Gasteiger partial charge in [0.25, 0.3) is 0 Å². The molecule has 0 spiro atoms. The molecule has 144 valence electrons. The van der Waals surface area contributed by atoms with Crippen molar-refractivity contribution in [2.45, 2.75) is 49.8 Å². The van der Waals surface area contributed by atoms with Gasteiger partial charge in [0.05, 0.1) is 5.69 Å². The Morgan fingerprint density at radius 3 is 2.71 bits per heavy atom. The maximum atomic E-state index is 4.74. The van der Waals surface area contributed by atoms with E-state index in [9.17, 15) is 0 Å². The third-order valence-electron chi connectivity index (χ3n) is 4.99. The fourth-order valence-corrected chi connectivity index (χ4v) is 4.60. The Kier molecular flexibility index (Phi) is 5.91. The standard InChI is InChI=1S/C23H26N4S/c1-3-21-26-22(19-15-16(2)28-23(19)27-21)25-14-6-7-17-9-11-18(12-10-17)20-8-4-5-13-24-20/h4-5,8-13,16H,3,6-7,14-15H2,1-2H3,(H,25,26,27). The summed E-state index contributed by atoms with van der Waals surface area (Å²) in [5.74, 6) is 1.98. The molecule has 3 heterocycles. The first-order valence-electron chi connectivity index (χ1n) is 10.0. The van der Waals surface area contributed by atoms with Crippen molar-refractivity contribution in [3.63, 3.8) is 0 Å². The van der Waals surface area contributed by atoms with Crippen LogP contribution >= 0.6 is 11.8 Å². The van der Waals surface area contributed by atoms with Crippen LogP contribution in [0.4, 0.5) is 5.82 Å². The van der Waals surface area contributed by atoms with Crippen molar-refractivity contribution in [1.29, 1.82) is 0 Å². The lowest BCUT2D eigenvalue weighted by Crippen LogP contribution is -2.10. The number of aryl methyl sites for hydroxylation is 2. The number of nitrogens with one attached hydrogen (secondary N) is 1. The molecular weight excluding hydrogens is 364 g/mol. The second kappa shape index (κ2) is 8.74. The molecule has 3 aromatic rings. The van der Waals surface area contributed by atoms with Crippen molar-refractivity contribution in [1.82, 2.24) is 15.0 Å². The predicted molar refractivity (Wildman–Crippen MR) is 117 cm³/mol. The summed E-state index contributed by atoms with van der Waals surface area (Å²) in [6, 6.07) is 14.8. The Morgan fingerprint density at radius 2 is 1.96 bits per heavy atom. The maximum Gasteiger partial charge on any atom is 0.134 e. The molecule has 0 radical (unpaired) electrons. The number of rotatable bonds is 7. The second-order valence-corrected chi connectivity index (χ2v) is 8.63. The van der Waals surface area contributed by atoms with Gasteiger partial charge in [0, 0.05) is 35.5 Å². The van der Waals surface area contributed by atoms with Gasteiger partial charge in [-0.3, -0.25) is 4.98 Å². The smallest absolute Gasteiger partial charge is 0.134 e. The molecular formula is C23H26N4S. The third-order valence-corrected chi connectivity index (χ3v) is 6.12. The van der Waals surface area contributed by atoms with E-state index in [0.29, 0.717) is 5.25 Å². The van der Waals surface area contributed by atoms with Crippen LogP contribution in [0, 0.1) is 0 Å². The Balaban J connectivity index is 1.34. The van der Waals surface area contributed by atoms with E-state index in [1.54, 1.807) is 0 Å². The molecule has 0 bridgehead atoms. The van der Waals surface area contributed by atoms with Crippen molar-refractivity contribution in [2.24, 2.45) is 0 Å². The molecule has 0 saturated heterocycles. The van der Waals surface area contributed by atoms with Crippen molar-refractivity contribution in [3.8, 4) is 11.3 Å². The second-order valence-electron chi connectivity index (χ2n) is 7.20. The van der Waals surface area contributed by atoms with Crippen molar-refractivity contribution in [2.75, 3.05) is 11.9 Å². The number of hydrogen-bond donors (Lipinski definition) is 1. The minimum absolute atomic E-state index is 0.592. The summed E-state index contributed by atoms with van der Waals surface area (Å²) in [5, 5.41) is 5.34. The van der Waals surface area contributed by atoms with E-state index in [-0.39, 0.29) is 0 Å². The van der Waals surface area contributed by atoms with E-state index in [0.717, 1.165) is 55.1 Å². The number of thioether (sulfide) groups is 1. The van der Waals surface area contributed by atoms with Gasteiger partial charge in [0.15, 0.2) is 0 Å². The first-order valence-corrected chi connectivity index (χ1v) is 10.9. The fraction of sp³-hybridized carbons (Fsp3) is 0.348. The van der Waals surface area contributed by atoms with Gasteiger partial charge >= 0.3 is 0 Å². The average Bonchev–Trinajstić information content (AvgIpc) is 3.12. The lowest BCUT2D eigenvalue weighted by Gasteiger charge is -2.11. The van der Waals surface area contributed by atoms with Crippen LogP contribution in [-0.2, 0) is 19.3 Å². The number of nitrogens with zero attached hydrogens (tertiary/aromatic N) is 3. The minimum Gasteiger partial charge on any atom is -0.370 e. The van der Waals surface area contributed by atoms with Gasteiger partial charge in [0.2, 0.25) is 0 Å². The highest BCUT2D eigenvalue weighted by Crippen LogP contribution is 2.38. The summed E-state index contributed by atoms with van der Waals surface area (Å²) in [4.78, 5) is 13.9. The maximum absolute atomic E-state index is 4.74. The van der Waals surface area contributed by atoms with E-state index in [1.807, 2.05) is 36.2 Å². The normalized spacial score (nSPS) is 15.4. The molecule has 0 aliphatic carbocycles. The molecule has 1 aliphatic heterocycles. The average molecular weight is 391 g/mol. The number of anilines is 1. The van der Waals surface area contributed by atoms with Gasteiger partial charge in [-0.1, -0.05) is 44.2 Å². The van der Waals surface area contributed by atoms with Crippen molar-refractivity contribution < 1.29 is 0 Å². The summed E-state index contributed by atoms with van der Waals surface area (Å²) in [5.41, 5.74) is 4.84. The zero-order chi connectivity index (χ0) is 19.3. The molecule has 1 N–H and O–H groups in total. The highest BCUT2D eigenvalue weighted by atomic mass is 32.2. The molecule has 0 amide bonds. The van der Waals surface area contributed by atoms with Gasteiger partial charge in [-0.25, -0.2) is 9.97 Å². The monoisotopic (exact) mass is 390 g/mol. The van der Waals surface area contributed by atoms with E-state index in [4.69, 9.17) is 9.97 Å². The minimum atomic E-state index is 0.592. The summed E-state index contributed by atoms with van der Waals surface area (Å²) in [6.45, 7) is 5.30. The third kappa shape index (κ3) is 4.36. The van der Waals surface area contributed by atoms with E-state index in [2.05, 4.69) is 48.4 Å². The number of benzene rings is 1. The molecule has 1 aliphatic rings. The predicted octanol–water partition coefficient (Wildman–Crippen LogP) is 5.18. The van der Waals surface area contributed by atoms with Crippen molar-refractivity contribution >= 4 is 17.6 Å². The van der Waals surface area contributed by atoms with Gasteiger partial charge in [-0.15, -0.1) is 11.8 Å². The quantitative estimate of drug-likeness (QED) is 0.445. The molecule has 4 nitrogen and oxygen atoms in total. The number of pyridine rings is 1. The lowest BCUT2D eigenvalue weighted by atomic mass is 10.1. The molecule has 1 atom stereocenters. The Hall–Kier alpha value is -2.40. The Labute approximate surface area is 171 Å². The molecule has 0 fully saturated rings. The number of fused-ring (bicyclic) bond motifs is 1. The number of hydrogen-bond acceptors (Lipinski definition) is 5. The summed E-state index contributed by atoms with van der Waals surface area (Å²) >= 11 is 1.87. The first-order chi connectivity index (χ1) is 13.7. The van der Waals surface area contributed by atoms with Gasteiger partial charge in [-0.2, -0.15) is 0 Å². The van der Waals surface area contributed by atoms with Crippen molar-refractivity contribution in [3.05, 3.63) is 65.6 Å². The molecule has 28 heavy (non-hydrogen) atoms. The molecule has 1 unspecified atom stereocenters. The van der Waals surface area contributed by atoms with Gasteiger partial charge in [-0.05, 0) is 37.0 Å². The van der Waals surface area contributed by atoms with Crippen LogP contribution in [0.1, 0.15) is 37.2 Å². The van der Waals surface area contributed by atoms with E-state index >= 15 is 0 Å². The number of aromatic nitrogens is 3. The van der Waals surface area contributed by atoms with Crippen LogP contribution in [0.25, 0.3) is 11.3 Å².